The van der Waals surface area contributed by atoms with Gasteiger partial charge in [0.1, 0.15) is 22.8 Å². The van der Waals surface area contributed by atoms with Crippen molar-refractivity contribution in [1.82, 2.24) is 10.4 Å². The third-order valence-corrected chi connectivity index (χ3v) is 7.35. The first-order valence-electron chi connectivity index (χ1n) is 12.0. The standard InChI is InChI=1S/C30H19BrCl3N3O4/c1-40-26-11-8-19(33)14-22(26)30(39)41-25-10-6-17(31)12-16(25)15-35-37-29(38)28-27(20-4-2-3-5-23(20)34)21-13-18(32)7-9-24(21)36-28/h2-15,36H,1H3,(H,37,38). The summed E-state index contributed by atoms with van der Waals surface area (Å²) in [4.78, 5) is 29.4. The van der Waals surface area contributed by atoms with Crippen molar-refractivity contribution >= 4 is 79.7 Å². The number of carbonyl (C=O) groups excluding carboxylic acids is 2. The van der Waals surface area contributed by atoms with E-state index in [1.165, 1.54) is 19.4 Å². The molecule has 1 aromatic heterocycles. The quantitative estimate of drug-likeness (QED) is 0.0785. The van der Waals surface area contributed by atoms with Crippen LogP contribution in [0.4, 0.5) is 0 Å². The number of hydrogen-bond acceptors (Lipinski definition) is 5. The van der Waals surface area contributed by atoms with Crippen LogP contribution < -0.4 is 14.9 Å². The molecule has 0 aliphatic carbocycles. The van der Waals surface area contributed by atoms with Gasteiger partial charge in [-0.15, -0.1) is 0 Å². The van der Waals surface area contributed by atoms with E-state index in [2.05, 4.69) is 31.4 Å². The number of ether oxygens (including phenoxy) is 2. The van der Waals surface area contributed by atoms with Crippen molar-refractivity contribution < 1.29 is 19.1 Å². The van der Waals surface area contributed by atoms with E-state index in [0.717, 1.165) is 5.39 Å². The number of H-pyrrole nitrogens is 1. The molecule has 2 N–H and O–H groups in total. The Labute approximate surface area is 258 Å². The van der Waals surface area contributed by atoms with E-state index in [1.807, 2.05) is 18.2 Å². The van der Waals surface area contributed by atoms with Crippen LogP contribution in [0.2, 0.25) is 15.1 Å². The summed E-state index contributed by atoms with van der Waals surface area (Å²) in [6, 6.07) is 22.1. The summed E-state index contributed by atoms with van der Waals surface area (Å²) in [5.41, 5.74) is 5.33. The number of fused-ring (bicyclic) bond motifs is 1. The number of esters is 1. The number of hydrazone groups is 1. The smallest absolute Gasteiger partial charge is 0.347 e. The molecule has 4 aromatic carbocycles. The maximum atomic E-state index is 13.4. The average molecular weight is 672 g/mol. The lowest BCUT2D eigenvalue weighted by atomic mass is 10.0. The monoisotopic (exact) mass is 669 g/mol. The highest BCUT2D eigenvalue weighted by molar-refractivity contribution is 9.10. The van der Waals surface area contributed by atoms with Crippen molar-refractivity contribution in [2.24, 2.45) is 5.10 Å². The highest BCUT2D eigenvalue weighted by Crippen LogP contribution is 2.37. The molecular weight excluding hydrogens is 653 g/mol. The molecule has 11 heteroatoms. The molecule has 5 rings (SSSR count). The van der Waals surface area contributed by atoms with E-state index in [1.54, 1.807) is 54.6 Å². The van der Waals surface area contributed by atoms with Crippen molar-refractivity contribution in [3.05, 3.63) is 115 Å². The average Bonchev–Trinajstić information content (AvgIpc) is 3.33. The number of halogens is 4. The fourth-order valence-electron chi connectivity index (χ4n) is 4.20. The Hall–Kier alpha value is -3.82. The van der Waals surface area contributed by atoms with Crippen molar-refractivity contribution in [3.63, 3.8) is 0 Å². The Balaban J connectivity index is 1.43. The number of carbonyl (C=O) groups is 2. The lowest BCUT2D eigenvalue weighted by molar-refractivity contribution is 0.0730. The Bertz CT molecular complexity index is 1840. The molecule has 0 radical (unpaired) electrons. The summed E-state index contributed by atoms with van der Waals surface area (Å²) in [6.07, 6.45) is 1.37. The molecule has 0 aliphatic heterocycles. The first-order valence-corrected chi connectivity index (χ1v) is 13.9. The molecule has 41 heavy (non-hydrogen) atoms. The maximum absolute atomic E-state index is 13.4. The second-order valence-electron chi connectivity index (χ2n) is 8.66. The molecular formula is C30H19BrCl3N3O4. The zero-order valence-electron chi connectivity index (χ0n) is 21.2. The maximum Gasteiger partial charge on any atom is 0.347 e. The summed E-state index contributed by atoms with van der Waals surface area (Å²) in [5.74, 6) is -0.671. The van der Waals surface area contributed by atoms with Gasteiger partial charge in [0.25, 0.3) is 5.91 Å². The van der Waals surface area contributed by atoms with Gasteiger partial charge < -0.3 is 14.5 Å². The highest BCUT2D eigenvalue weighted by Gasteiger charge is 2.21. The van der Waals surface area contributed by atoms with Crippen molar-refractivity contribution in [2.75, 3.05) is 7.11 Å². The van der Waals surface area contributed by atoms with Crippen molar-refractivity contribution in [3.8, 4) is 22.6 Å². The van der Waals surface area contributed by atoms with Gasteiger partial charge in [0.15, 0.2) is 0 Å². The van der Waals surface area contributed by atoms with Gasteiger partial charge in [0.2, 0.25) is 0 Å². The molecule has 206 valence electrons. The molecule has 0 spiro atoms. The first kappa shape index (κ1) is 28.7. The van der Waals surface area contributed by atoms with E-state index < -0.39 is 11.9 Å². The van der Waals surface area contributed by atoms with Crippen LogP contribution >= 0.6 is 50.7 Å². The van der Waals surface area contributed by atoms with Gasteiger partial charge in [-0.2, -0.15) is 5.10 Å². The summed E-state index contributed by atoms with van der Waals surface area (Å²) < 4.78 is 11.6. The molecule has 0 atom stereocenters. The van der Waals surface area contributed by atoms with Crippen LogP contribution in [0.5, 0.6) is 11.5 Å². The molecule has 1 heterocycles. The van der Waals surface area contributed by atoms with E-state index in [0.29, 0.717) is 47.5 Å². The first-order chi connectivity index (χ1) is 19.7. The minimum atomic E-state index is -0.675. The molecule has 0 saturated heterocycles. The number of hydrogen-bond donors (Lipinski definition) is 2. The Kier molecular flexibility index (Phi) is 8.65. The van der Waals surface area contributed by atoms with Crippen LogP contribution in [0.15, 0.2) is 88.4 Å². The molecule has 0 fully saturated rings. The Morgan fingerprint density at radius 3 is 2.44 bits per heavy atom. The fraction of sp³-hybridized carbons (Fsp3) is 0.0333. The summed E-state index contributed by atoms with van der Waals surface area (Å²) >= 11 is 22.2. The molecule has 0 unspecified atom stereocenters. The molecule has 0 saturated carbocycles. The summed E-state index contributed by atoms with van der Waals surface area (Å²) in [7, 11) is 1.44. The molecule has 0 aliphatic rings. The van der Waals surface area contributed by atoms with Crippen LogP contribution in [-0.2, 0) is 0 Å². The topological polar surface area (TPSA) is 92.8 Å². The highest BCUT2D eigenvalue weighted by atomic mass is 79.9. The second kappa shape index (κ2) is 12.4. The summed E-state index contributed by atoms with van der Waals surface area (Å²) in [5, 5.41) is 6.21. The van der Waals surface area contributed by atoms with E-state index in [9.17, 15) is 9.59 Å². The number of benzene rings is 4. The van der Waals surface area contributed by atoms with Crippen molar-refractivity contribution in [2.45, 2.75) is 0 Å². The molecule has 1 amide bonds. The zero-order valence-corrected chi connectivity index (χ0v) is 25.0. The zero-order chi connectivity index (χ0) is 29.1. The number of nitrogens with one attached hydrogen (secondary N) is 2. The number of rotatable bonds is 7. The fourth-order valence-corrected chi connectivity index (χ4v) is 5.16. The van der Waals surface area contributed by atoms with Gasteiger partial charge in [-0.25, -0.2) is 10.2 Å². The van der Waals surface area contributed by atoms with Crippen LogP contribution in [-0.4, -0.2) is 30.2 Å². The normalized spacial score (nSPS) is 11.1. The lowest BCUT2D eigenvalue weighted by Gasteiger charge is -2.11. The van der Waals surface area contributed by atoms with Gasteiger partial charge in [-0.1, -0.05) is 68.9 Å². The van der Waals surface area contributed by atoms with Gasteiger partial charge >= 0.3 is 5.97 Å². The number of methoxy groups -OCH3 is 1. The minimum absolute atomic E-state index is 0.158. The van der Waals surface area contributed by atoms with Crippen LogP contribution in [0.25, 0.3) is 22.0 Å². The minimum Gasteiger partial charge on any atom is -0.496 e. The van der Waals surface area contributed by atoms with Crippen LogP contribution in [0.3, 0.4) is 0 Å². The third-order valence-electron chi connectivity index (χ3n) is 6.06. The van der Waals surface area contributed by atoms with E-state index in [4.69, 9.17) is 44.3 Å². The summed E-state index contributed by atoms with van der Waals surface area (Å²) in [6.45, 7) is 0. The van der Waals surface area contributed by atoms with Gasteiger partial charge in [0, 0.05) is 47.1 Å². The van der Waals surface area contributed by atoms with E-state index >= 15 is 0 Å². The van der Waals surface area contributed by atoms with Gasteiger partial charge in [0.05, 0.1) is 13.3 Å². The number of nitrogens with zero attached hydrogens (tertiary/aromatic N) is 1. The Morgan fingerprint density at radius 2 is 1.66 bits per heavy atom. The van der Waals surface area contributed by atoms with Crippen molar-refractivity contribution in [1.29, 1.82) is 0 Å². The van der Waals surface area contributed by atoms with Crippen LogP contribution in [0, 0.1) is 0 Å². The molecule has 7 nitrogen and oxygen atoms in total. The number of amides is 1. The predicted molar refractivity (Wildman–Crippen MR) is 166 cm³/mol. The predicted octanol–water partition coefficient (Wildman–Crippen LogP) is 8.55. The van der Waals surface area contributed by atoms with Gasteiger partial charge in [-0.3, -0.25) is 4.79 Å². The van der Waals surface area contributed by atoms with E-state index in [-0.39, 0.29) is 17.0 Å². The van der Waals surface area contributed by atoms with Gasteiger partial charge in [-0.05, 0) is 60.7 Å². The number of aromatic amines is 1. The molecule has 0 bridgehead atoms. The van der Waals surface area contributed by atoms with Crippen LogP contribution in [0.1, 0.15) is 26.4 Å². The SMILES string of the molecule is COc1ccc(Cl)cc1C(=O)Oc1ccc(Br)cc1C=NNC(=O)c1[nH]c2ccc(Cl)cc2c1-c1ccccc1Cl. The second-order valence-corrected chi connectivity index (χ2v) is 10.9. The Morgan fingerprint density at radius 1 is 0.927 bits per heavy atom. The largest absolute Gasteiger partial charge is 0.496 e. The lowest BCUT2D eigenvalue weighted by Crippen LogP contribution is -2.19. The number of aromatic nitrogens is 1. The third kappa shape index (κ3) is 6.26. The molecule has 5 aromatic rings.